The summed E-state index contributed by atoms with van der Waals surface area (Å²) in [6.07, 6.45) is 1.42. The SMILES string of the molecule is NC(=O)[C@H](Cc1c[nH]c2cc(Cl)ccc12)NC(=O)CCC(=O)O. The molecule has 2 aromatic rings. The van der Waals surface area contributed by atoms with Crippen LogP contribution in [0.5, 0.6) is 0 Å². The molecule has 23 heavy (non-hydrogen) atoms. The van der Waals surface area contributed by atoms with Crippen molar-refractivity contribution < 1.29 is 19.5 Å². The average Bonchev–Trinajstić information content (AvgIpc) is 2.86. The fourth-order valence-corrected chi connectivity index (χ4v) is 2.43. The summed E-state index contributed by atoms with van der Waals surface area (Å²) in [6.45, 7) is 0. The van der Waals surface area contributed by atoms with E-state index in [0.717, 1.165) is 16.5 Å². The molecule has 1 heterocycles. The van der Waals surface area contributed by atoms with Crippen LogP contribution in [0.25, 0.3) is 10.9 Å². The number of rotatable bonds is 7. The highest BCUT2D eigenvalue weighted by atomic mass is 35.5. The van der Waals surface area contributed by atoms with Crippen molar-refractivity contribution in [3.8, 4) is 0 Å². The highest BCUT2D eigenvalue weighted by Gasteiger charge is 2.20. The number of carbonyl (C=O) groups is 3. The molecule has 0 saturated carbocycles. The Kier molecular flexibility index (Phi) is 5.23. The number of aromatic amines is 1. The van der Waals surface area contributed by atoms with E-state index in [0.29, 0.717) is 5.02 Å². The van der Waals surface area contributed by atoms with Gasteiger partial charge in [-0.1, -0.05) is 17.7 Å². The molecule has 1 aromatic carbocycles. The Labute approximate surface area is 136 Å². The molecule has 122 valence electrons. The summed E-state index contributed by atoms with van der Waals surface area (Å²) in [7, 11) is 0. The van der Waals surface area contributed by atoms with Crippen LogP contribution in [0.4, 0.5) is 0 Å². The van der Waals surface area contributed by atoms with E-state index in [4.69, 9.17) is 22.4 Å². The van der Waals surface area contributed by atoms with Gasteiger partial charge in [-0.25, -0.2) is 0 Å². The minimum absolute atomic E-state index is 0.204. The topological polar surface area (TPSA) is 125 Å². The average molecular weight is 338 g/mol. The molecule has 0 aliphatic heterocycles. The van der Waals surface area contributed by atoms with Gasteiger partial charge in [-0.2, -0.15) is 0 Å². The quantitative estimate of drug-likeness (QED) is 0.605. The Bertz CT molecular complexity index is 756. The number of carboxylic acid groups (broad SMARTS) is 1. The van der Waals surface area contributed by atoms with Crippen molar-refractivity contribution in [2.24, 2.45) is 5.73 Å². The second-order valence-corrected chi connectivity index (χ2v) is 5.56. The summed E-state index contributed by atoms with van der Waals surface area (Å²) >= 11 is 5.91. The van der Waals surface area contributed by atoms with E-state index in [1.54, 1.807) is 18.3 Å². The molecule has 0 fully saturated rings. The predicted octanol–water partition coefficient (Wildman–Crippen LogP) is 1.20. The molecular formula is C15H16ClN3O4. The van der Waals surface area contributed by atoms with Crippen LogP contribution in [0.3, 0.4) is 0 Å². The molecule has 0 saturated heterocycles. The number of nitrogens with one attached hydrogen (secondary N) is 2. The summed E-state index contributed by atoms with van der Waals surface area (Å²) in [6, 6.07) is 4.39. The number of aromatic nitrogens is 1. The van der Waals surface area contributed by atoms with Gasteiger partial charge in [0.05, 0.1) is 6.42 Å². The van der Waals surface area contributed by atoms with Crippen LogP contribution in [0.2, 0.25) is 5.02 Å². The lowest BCUT2D eigenvalue weighted by Gasteiger charge is -2.15. The summed E-state index contributed by atoms with van der Waals surface area (Å²) < 4.78 is 0. The van der Waals surface area contributed by atoms with Crippen LogP contribution in [-0.4, -0.2) is 33.9 Å². The smallest absolute Gasteiger partial charge is 0.303 e. The third-order valence-electron chi connectivity index (χ3n) is 3.40. The van der Waals surface area contributed by atoms with Gasteiger partial charge in [-0.15, -0.1) is 0 Å². The predicted molar refractivity (Wildman–Crippen MR) is 85.0 cm³/mol. The largest absolute Gasteiger partial charge is 0.481 e. The minimum atomic E-state index is -1.08. The zero-order valence-corrected chi connectivity index (χ0v) is 12.9. The molecule has 0 aliphatic carbocycles. The van der Waals surface area contributed by atoms with Crippen molar-refractivity contribution in [2.45, 2.75) is 25.3 Å². The third-order valence-corrected chi connectivity index (χ3v) is 3.63. The number of carboxylic acids is 1. The molecule has 1 atom stereocenters. The van der Waals surface area contributed by atoms with Gasteiger partial charge >= 0.3 is 5.97 Å². The van der Waals surface area contributed by atoms with Crippen molar-refractivity contribution in [1.82, 2.24) is 10.3 Å². The molecule has 2 rings (SSSR count). The Morgan fingerprint density at radius 2 is 2.04 bits per heavy atom. The zero-order chi connectivity index (χ0) is 17.0. The van der Waals surface area contributed by atoms with E-state index in [1.165, 1.54) is 0 Å². The lowest BCUT2D eigenvalue weighted by atomic mass is 10.0. The van der Waals surface area contributed by atoms with Gasteiger partial charge < -0.3 is 21.1 Å². The van der Waals surface area contributed by atoms with Crippen LogP contribution in [0, 0.1) is 0 Å². The van der Waals surface area contributed by atoms with E-state index in [1.807, 2.05) is 6.07 Å². The molecule has 5 N–H and O–H groups in total. The first kappa shape index (κ1) is 16.8. The molecule has 7 nitrogen and oxygen atoms in total. The molecule has 0 aliphatic rings. The van der Waals surface area contributed by atoms with Gasteiger partial charge in [0.2, 0.25) is 11.8 Å². The maximum Gasteiger partial charge on any atom is 0.303 e. The van der Waals surface area contributed by atoms with Crippen LogP contribution in [0.15, 0.2) is 24.4 Å². The van der Waals surface area contributed by atoms with Crippen molar-refractivity contribution in [3.05, 3.63) is 35.0 Å². The van der Waals surface area contributed by atoms with E-state index >= 15 is 0 Å². The number of halogens is 1. The Morgan fingerprint density at radius 1 is 1.30 bits per heavy atom. The van der Waals surface area contributed by atoms with Crippen molar-refractivity contribution >= 4 is 40.3 Å². The molecule has 1 aromatic heterocycles. The first-order chi connectivity index (χ1) is 10.9. The van der Waals surface area contributed by atoms with Crippen molar-refractivity contribution in [3.63, 3.8) is 0 Å². The monoisotopic (exact) mass is 337 g/mol. The van der Waals surface area contributed by atoms with E-state index in [2.05, 4.69) is 10.3 Å². The molecule has 0 unspecified atom stereocenters. The number of carbonyl (C=O) groups excluding carboxylic acids is 2. The lowest BCUT2D eigenvalue weighted by molar-refractivity contribution is -0.139. The van der Waals surface area contributed by atoms with Gasteiger partial charge in [0, 0.05) is 35.0 Å². The number of hydrogen-bond acceptors (Lipinski definition) is 3. The summed E-state index contributed by atoms with van der Waals surface area (Å²) in [4.78, 5) is 36.7. The third kappa shape index (κ3) is 4.46. The highest BCUT2D eigenvalue weighted by molar-refractivity contribution is 6.31. The van der Waals surface area contributed by atoms with Crippen molar-refractivity contribution in [1.29, 1.82) is 0 Å². The fourth-order valence-electron chi connectivity index (χ4n) is 2.26. The van der Waals surface area contributed by atoms with E-state index < -0.39 is 23.8 Å². The van der Waals surface area contributed by atoms with Gasteiger partial charge in [-0.3, -0.25) is 14.4 Å². The number of H-pyrrole nitrogens is 1. The molecular weight excluding hydrogens is 322 g/mol. The number of primary amides is 1. The van der Waals surface area contributed by atoms with Crippen LogP contribution in [0.1, 0.15) is 18.4 Å². The van der Waals surface area contributed by atoms with Gasteiger partial charge in [0.15, 0.2) is 0 Å². The molecule has 0 bridgehead atoms. The molecule has 0 spiro atoms. The second kappa shape index (κ2) is 7.15. The number of amides is 2. The Balaban J connectivity index is 2.10. The maximum absolute atomic E-state index is 11.7. The van der Waals surface area contributed by atoms with Gasteiger partial charge in [0.25, 0.3) is 0 Å². The zero-order valence-electron chi connectivity index (χ0n) is 12.1. The number of aliphatic carboxylic acids is 1. The van der Waals surface area contributed by atoms with Crippen LogP contribution >= 0.6 is 11.6 Å². The summed E-state index contributed by atoms with van der Waals surface area (Å²) in [5.74, 6) is -2.29. The van der Waals surface area contributed by atoms with Crippen LogP contribution < -0.4 is 11.1 Å². The highest BCUT2D eigenvalue weighted by Crippen LogP contribution is 2.23. The van der Waals surface area contributed by atoms with Crippen LogP contribution in [-0.2, 0) is 20.8 Å². The molecule has 8 heteroatoms. The van der Waals surface area contributed by atoms with E-state index in [9.17, 15) is 14.4 Å². The Hall–Kier alpha value is -2.54. The second-order valence-electron chi connectivity index (χ2n) is 5.12. The standard InChI is InChI=1S/C15H16ClN3O4/c16-9-1-2-10-8(7-18-11(10)6-9)5-12(15(17)23)19-13(20)3-4-14(21)22/h1-2,6-7,12,18H,3-5H2,(H2,17,23)(H,19,20)(H,21,22)/t12-/m0/s1. The van der Waals surface area contributed by atoms with Gasteiger partial charge in [-0.05, 0) is 17.7 Å². The van der Waals surface area contributed by atoms with Gasteiger partial charge in [0.1, 0.15) is 6.04 Å². The fraction of sp³-hybridized carbons (Fsp3) is 0.267. The van der Waals surface area contributed by atoms with Crippen molar-refractivity contribution in [2.75, 3.05) is 0 Å². The maximum atomic E-state index is 11.7. The number of fused-ring (bicyclic) bond motifs is 1. The summed E-state index contributed by atoms with van der Waals surface area (Å²) in [5.41, 5.74) is 6.94. The minimum Gasteiger partial charge on any atom is -0.481 e. The first-order valence-electron chi connectivity index (χ1n) is 6.93. The number of hydrogen-bond donors (Lipinski definition) is 4. The Morgan fingerprint density at radius 3 is 2.70 bits per heavy atom. The lowest BCUT2D eigenvalue weighted by Crippen LogP contribution is -2.45. The first-order valence-corrected chi connectivity index (χ1v) is 7.30. The number of benzene rings is 1. The number of nitrogens with two attached hydrogens (primary N) is 1. The van der Waals surface area contributed by atoms with E-state index in [-0.39, 0.29) is 19.3 Å². The normalized spacial score (nSPS) is 12.0. The summed E-state index contributed by atoms with van der Waals surface area (Å²) in [5, 5.41) is 12.5. The molecule has 0 radical (unpaired) electrons. The molecule has 2 amide bonds.